The summed E-state index contributed by atoms with van der Waals surface area (Å²) >= 11 is 0. The normalized spacial score (nSPS) is 21.1. The number of rotatable bonds is 7. The Bertz CT molecular complexity index is 713. The Morgan fingerprint density at radius 2 is 1.86 bits per heavy atom. The lowest BCUT2D eigenvalue weighted by Crippen LogP contribution is -2.55. The number of benzene rings is 1. The highest BCUT2D eigenvalue weighted by atomic mass is 16.5. The van der Waals surface area contributed by atoms with Crippen LogP contribution < -0.4 is 5.32 Å². The maximum absolute atomic E-state index is 12.5. The molecule has 7 nitrogen and oxygen atoms in total. The van der Waals surface area contributed by atoms with E-state index in [4.69, 9.17) is 4.74 Å². The van der Waals surface area contributed by atoms with Gasteiger partial charge >= 0.3 is 11.8 Å². The molecule has 1 N–H and O–H groups in total. The monoisotopic (exact) mass is 387 g/mol. The van der Waals surface area contributed by atoms with E-state index in [0.29, 0.717) is 26.2 Å². The molecule has 2 atom stereocenters. The summed E-state index contributed by atoms with van der Waals surface area (Å²) in [5.41, 5.74) is 2.16. The van der Waals surface area contributed by atoms with Gasteiger partial charge in [0, 0.05) is 39.3 Å². The van der Waals surface area contributed by atoms with Crippen molar-refractivity contribution >= 4 is 17.7 Å². The summed E-state index contributed by atoms with van der Waals surface area (Å²) in [6.07, 6.45) is 2.08. The third-order valence-electron chi connectivity index (χ3n) is 5.36. The fraction of sp³-hybridized carbons (Fsp3) is 0.571. The number of carbonyl (C=O) groups excluding carboxylic acids is 3. The molecule has 0 radical (unpaired) electrons. The molecule has 0 bridgehead atoms. The fourth-order valence-electron chi connectivity index (χ4n) is 3.56. The molecule has 0 unspecified atom stereocenters. The molecule has 2 heterocycles. The van der Waals surface area contributed by atoms with Gasteiger partial charge in [0.25, 0.3) is 0 Å². The van der Waals surface area contributed by atoms with Gasteiger partial charge in [-0.05, 0) is 25.3 Å². The second-order valence-electron chi connectivity index (χ2n) is 7.74. The van der Waals surface area contributed by atoms with Crippen molar-refractivity contribution in [2.75, 3.05) is 32.8 Å². The number of hydrogen-bond acceptors (Lipinski definition) is 4. The SMILES string of the molecule is Cc1ccc(CN2CCN(C[C@@H](C)C(=O)NC[C@H]3CCCO3)C(=O)C2=O)cc1. The average Bonchev–Trinajstić information content (AvgIpc) is 3.21. The van der Waals surface area contributed by atoms with Crippen molar-refractivity contribution in [3.63, 3.8) is 0 Å². The van der Waals surface area contributed by atoms with Crippen LogP contribution in [-0.2, 0) is 25.7 Å². The molecule has 2 aliphatic rings. The van der Waals surface area contributed by atoms with Gasteiger partial charge < -0.3 is 19.9 Å². The Kier molecular flexibility index (Phi) is 6.67. The van der Waals surface area contributed by atoms with E-state index in [1.807, 2.05) is 31.2 Å². The van der Waals surface area contributed by atoms with Crippen molar-refractivity contribution in [2.24, 2.45) is 5.92 Å². The molecule has 1 aromatic rings. The second-order valence-corrected chi connectivity index (χ2v) is 7.74. The molecule has 2 fully saturated rings. The largest absolute Gasteiger partial charge is 0.376 e. The molecule has 7 heteroatoms. The first-order valence-electron chi connectivity index (χ1n) is 9.97. The van der Waals surface area contributed by atoms with Crippen molar-refractivity contribution < 1.29 is 19.1 Å². The predicted molar refractivity (Wildman–Crippen MR) is 104 cm³/mol. The molecule has 0 aromatic heterocycles. The molecule has 0 saturated carbocycles. The summed E-state index contributed by atoms with van der Waals surface area (Å²) in [6.45, 7) is 6.63. The van der Waals surface area contributed by atoms with Crippen molar-refractivity contribution in [2.45, 2.75) is 39.3 Å². The predicted octanol–water partition coefficient (Wildman–Crippen LogP) is 1.10. The summed E-state index contributed by atoms with van der Waals surface area (Å²) in [4.78, 5) is 40.3. The van der Waals surface area contributed by atoms with Gasteiger partial charge in [-0.25, -0.2) is 0 Å². The van der Waals surface area contributed by atoms with Gasteiger partial charge in [0.05, 0.1) is 12.0 Å². The number of nitrogens with one attached hydrogen (secondary N) is 1. The van der Waals surface area contributed by atoms with E-state index in [1.165, 1.54) is 4.90 Å². The highest BCUT2D eigenvalue weighted by Crippen LogP contribution is 2.14. The number of amides is 3. The van der Waals surface area contributed by atoms with Crippen molar-refractivity contribution in [3.8, 4) is 0 Å². The van der Waals surface area contributed by atoms with E-state index < -0.39 is 11.8 Å². The van der Waals surface area contributed by atoms with Crippen LogP contribution in [-0.4, -0.2) is 66.4 Å². The van der Waals surface area contributed by atoms with Gasteiger partial charge in [-0.2, -0.15) is 0 Å². The molecule has 3 rings (SSSR count). The lowest BCUT2D eigenvalue weighted by Gasteiger charge is -2.35. The number of carbonyl (C=O) groups is 3. The number of ether oxygens (including phenoxy) is 1. The number of aryl methyl sites for hydroxylation is 1. The number of hydrogen-bond donors (Lipinski definition) is 1. The average molecular weight is 387 g/mol. The molecular formula is C21H29N3O4. The van der Waals surface area contributed by atoms with Crippen LogP contribution in [0, 0.1) is 12.8 Å². The molecule has 2 saturated heterocycles. The standard InChI is InChI=1S/C21H29N3O4/c1-15-5-7-17(8-6-15)14-24-10-9-23(20(26)21(24)27)13-16(2)19(25)22-12-18-4-3-11-28-18/h5-8,16,18H,3-4,9-14H2,1-2H3,(H,22,25)/t16-,18-/m1/s1. The van der Waals surface area contributed by atoms with Crippen molar-refractivity contribution in [1.29, 1.82) is 0 Å². The van der Waals surface area contributed by atoms with E-state index in [2.05, 4.69) is 5.32 Å². The maximum Gasteiger partial charge on any atom is 0.312 e. The lowest BCUT2D eigenvalue weighted by molar-refractivity contribution is -0.157. The van der Waals surface area contributed by atoms with Crippen molar-refractivity contribution in [3.05, 3.63) is 35.4 Å². The van der Waals surface area contributed by atoms with Crippen molar-refractivity contribution in [1.82, 2.24) is 15.1 Å². The van der Waals surface area contributed by atoms with Crippen LogP contribution in [0.5, 0.6) is 0 Å². The Morgan fingerprint density at radius 1 is 1.18 bits per heavy atom. The minimum atomic E-state index is -0.530. The number of piperazine rings is 1. The molecular weight excluding hydrogens is 358 g/mol. The van der Waals surface area contributed by atoms with Gasteiger partial charge in [0.15, 0.2) is 0 Å². The smallest absolute Gasteiger partial charge is 0.312 e. The zero-order chi connectivity index (χ0) is 20.1. The molecule has 1 aromatic carbocycles. The van der Waals surface area contributed by atoms with E-state index >= 15 is 0 Å². The molecule has 28 heavy (non-hydrogen) atoms. The Labute approximate surface area is 166 Å². The maximum atomic E-state index is 12.5. The minimum Gasteiger partial charge on any atom is -0.376 e. The number of nitrogens with zero attached hydrogens (tertiary/aromatic N) is 2. The third-order valence-corrected chi connectivity index (χ3v) is 5.36. The van der Waals surface area contributed by atoms with Crippen LogP contribution >= 0.6 is 0 Å². The topological polar surface area (TPSA) is 79.0 Å². The summed E-state index contributed by atoms with van der Waals surface area (Å²) in [7, 11) is 0. The van der Waals surface area contributed by atoms with Crippen LogP contribution in [0.3, 0.4) is 0 Å². The van der Waals surface area contributed by atoms with E-state index in [-0.39, 0.29) is 24.5 Å². The third kappa shape index (κ3) is 5.10. The van der Waals surface area contributed by atoms with Gasteiger partial charge in [0.1, 0.15) is 0 Å². The minimum absolute atomic E-state index is 0.0877. The van der Waals surface area contributed by atoms with Crippen LogP contribution in [0.25, 0.3) is 0 Å². The van der Waals surface area contributed by atoms with Gasteiger partial charge in [-0.1, -0.05) is 36.8 Å². The van der Waals surface area contributed by atoms with Gasteiger partial charge in [-0.3, -0.25) is 14.4 Å². The first-order valence-corrected chi connectivity index (χ1v) is 9.97. The van der Waals surface area contributed by atoms with Crippen LogP contribution in [0.4, 0.5) is 0 Å². The molecule has 152 valence electrons. The van der Waals surface area contributed by atoms with Gasteiger partial charge in [-0.15, -0.1) is 0 Å². The molecule has 0 spiro atoms. The van der Waals surface area contributed by atoms with E-state index in [0.717, 1.165) is 30.6 Å². The molecule has 2 aliphatic heterocycles. The molecule has 3 amide bonds. The molecule has 0 aliphatic carbocycles. The Balaban J connectivity index is 1.48. The highest BCUT2D eigenvalue weighted by molar-refractivity contribution is 6.35. The highest BCUT2D eigenvalue weighted by Gasteiger charge is 2.34. The lowest BCUT2D eigenvalue weighted by atomic mass is 10.1. The van der Waals surface area contributed by atoms with Crippen LogP contribution in [0.1, 0.15) is 30.9 Å². The Hall–Kier alpha value is -2.41. The van der Waals surface area contributed by atoms with Crippen LogP contribution in [0.2, 0.25) is 0 Å². The first-order chi connectivity index (χ1) is 13.4. The summed E-state index contributed by atoms with van der Waals surface area (Å²) in [6, 6.07) is 7.93. The second kappa shape index (κ2) is 9.19. The summed E-state index contributed by atoms with van der Waals surface area (Å²) in [5.74, 6) is -1.52. The summed E-state index contributed by atoms with van der Waals surface area (Å²) in [5, 5.41) is 2.89. The van der Waals surface area contributed by atoms with Crippen LogP contribution in [0.15, 0.2) is 24.3 Å². The fourth-order valence-corrected chi connectivity index (χ4v) is 3.56. The zero-order valence-electron chi connectivity index (χ0n) is 16.6. The Morgan fingerprint density at radius 3 is 2.54 bits per heavy atom. The van der Waals surface area contributed by atoms with E-state index in [1.54, 1.807) is 11.8 Å². The quantitative estimate of drug-likeness (QED) is 0.711. The zero-order valence-corrected chi connectivity index (χ0v) is 16.6. The first kappa shape index (κ1) is 20.3. The van der Waals surface area contributed by atoms with E-state index in [9.17, 15) is 14.4 Å². The summed E-state index contributed by atoms with van der Waals surface area (Å²) < 4.78 is 5.50. The van der Waals surface area contributed by atoms with Gasteiger partial charge in [0.2, 0.25) is 5.91 Å².